The molecule has 27 heavy (non-hydrogen) atoms. The van der Waals surface area contributed by atoms with E-state index in [2.05, 4.69) is 10.4 Å². The minimum Gasteiger partial charge on any atom is -0.349 e. The lowest BCUT2D eigenvalue weighted by atomic mass is 10.1. The molecule has 6 nitrogen and oxygen atoms in total. The first-order chi connectivity index (χ1) is 13.1. The Labute approximate surface area is 161 Å². The van der Waals surface area contributed by atoms with E-state index in [0.717, 1.165) is 16.1 Å². The van der Waals surface area contributed by atoms with Crippen molar-refractivity contribution >= 4 is 23.2 Å². The van der Waals surface area contributed by atoms with Gasteiger partial charge in [-0.1, -0.05) is 23.8 Å². The third-order valence-electron chi connectivity index (χ3n) is 4.67. The summed E-state index contributed by atoms with van der Waals surface area (Å²) in [5, 5.41) is 9.25. The van der Waals surface area contributed by atoms with Crippen LogP contribution in [0.2, 0.25) is 0 Å². The monoisotopic (exact) mass is 380 g/mol. The molecule has 2 amide bonds. The molecule has 1 atom stereocenters. The maximum absolute atomic E-state index is 13.0. The molecule has 0 spiro atoms. The number of rotatable bonds is 4. The molecule has 138 valence electrons. The number of nitrogens with one attached hydrogen (secondary N) is 1. The average molecular weight is 380 g/mol. The summed E-state index contributed by atoms with van der Waals surface area (Å²) in [6, 6.07) is 12.8. The third-order valence-corrected chi connectivity index (χ3v) is 5.54. The lowest BCUT2D eigenvalue weighted by Crippen LogP contribution is -2.47. The Balaban J connectivity index is 1.53. The fourth-order valence-electron chi connectivity index (χ4n) is 3.31. The topological polar surface area (TPSA) is 67.2 Å². The van der Waals surface area contributed by atoms with E-state index in [1.165, 1.54) is 0 Å². The van der Waals surface area contributed by atoms with E-state index in [1.54, 1.807) is 27.1 Å². The smallest absolute Gasteiger partial charge is 0.254 e. The largest absolute Gasteiger partial charge is 0.349 e. The molecule has 1 N–H and O–H groups in total. The fourth-order valence-corrected chi connectivity index (χ4v) is 3.95. The second-order valence-electron chi connectivity index (χ2n) is 6.64. The number of carbonyl (C=O) groups excluding carboxylic acids is 2. The molecular formula is C20H20N4O2S. The number of nitrogens with zero attached hydrogens (tertiary/aromatic N) is 3. The van der Waals surface area contributed by atoms with Crippen LogP contribution in [0.4, 0.5) is 0 Å². The van der Waals surface area contributed by atoms with Gasteiger partial charge in [0, 0.05) is 16.6 Å². The van der Waals surface area contributed by atoms with Crippen molar-refractivity contribution in [3.8, 4) is 0 Å². The Morgan fingerprint density at radius 2 is 2.15 bits per heavy atom. The summed E-state index contributed by atoms with van der Waals surface area (Å²) < 4.78 is 1.73. The summed E-state index contributed by atoms with van der Waals surface area (Å²) in [7, 11) is 0. The van der Waals surface area contributed by atoms with E-state index in [0.29, 0.717) is 25.2 Å². The van der Waals surface area contributed by atoms with Crippen molar-refractivity contribution in [2.45, 2.75) is 26.1 Å². The first-order valence-electron chi connectivity index (χ1n) is 8.80. The average Bonchev–Trinajstić information content (AvgIpc) is 3.36. The number of thiophene rings is 1. The second-order valence-corrected chi connectivity index (χ2v) is 7.67. The van der Waals surface area contributed by atoms with Crippen LogP contribution in [0.1, 0.15) is 32.5 Å². The van der Waals surface area contributed by atoms with Gasteiger partial charge in [0.25, 0.3) is 5.91 Å². The number of aryl methyl sites for hydroxylation is 1. The Kier molecular flexibility index (Phi) is 4.77. The zero-order chi connectivity index (χ0) is 18.8. The standard InChI is InChI=1S/C20H20N4O2S/c1-14-4-2-5-15(10-14)20(26)23-12-16-7-8-22-24(16)18(13-23)19(25)21-11-17-6-3-9-27-17/h2-10,18H,11-13H2,1H3,(H,21,25)/t18-/m1/s1. The highest BCUT2D eigenvalue weighted by atomic mass is 32.1. The molecular weight excluding hydrogens is 360 g/mol. The molecule has 0 saturated carbocycles. The molecule has 0 aliphatic carbocycles. The highest BCUT2D eigenvalue weighted by molar-refractivity contribution is 7.09. The predicted molar refractivity (Wildman–Crippen MR) is 103 cm³/mol. The minimum absolute atomic E-state index is 0.0674. The zero-order valence-corrected chi connectivity index (χ0v) is 15.8. The SMILES string of the molecule is Cc1cccc(C(=O)N2Cc3ccnn3[C@@H](C(=O)NCc3cccs3)C2)c1. The van der Waals surface area contributed by atoms with Crippen molar-refractivity contribution < 1.29 is 9.59 Å². The third kappa shape index (κ3) is 3.64. The molecule has 1 aliphatic rings. The number of hydrogen-bond donors (Lipinski definition) is 1. The van der Waals surface area contributed by atoms with Gasteiger partial charge < -0.3 is 10.2 Å². The first-order valence-corrected chi connectivity index (χ1v) is 9.68. The van der Waals surface area contributed by atoms with Gasteiger partial charge in [-0.2, -0.15) is 5.10 Å². The van der Waals surface area contributed by atoms with Crippen molar-refractivity contribution in [3.63, 3.8) is 0 Å². The highest BCUT2D eigenvalue weighted by Gasteiger charge is 2.33. The van der Waals surface area contributed by atoms with Crippen LogP contribution in [0.15, 0.2) is 54.0 Å². The van der Waals surface area contributed by atoms with E-state index in [-0.39, 0.29) is 11.8 Å². The van der Waals surface area contributed by atoms with Crippen LogP contribution in [-0.4, -0.2) is 33.0 Å². The van der Waals surface area contributed by atoms with Crippen LogP contribution >= 0.6 is 11.3 Å². The molecule has 3 aromatic rings. The number of hydrogen-bond acceptors (Lipinski definition) is 4. The molecule has 0 fully saturated rings. The normalized spacial score (nSPS) is 16.0. The maximum atomic E-state index is 13.0. The summed E-state index contributed by atoms with van der Waals surface area (Å²) in [4.78, 5) is 28.6. The van der Waals surface area contributed by atoms with E-state index >= 15 is 0 Å². The minimum atomic E-state index is -0.530. The Bertz CT molecular complexity index is 964. The number of amides is 2. The lowest BCUT2D eigenvalue weighted by Gasteiger charge is -2.33. The quantitative estimate of drug-likeness (QED) is 0.757. The van der Waals surface area contributed by atoms with Crippen molar-refractivity contribution in [1.82, 2.24) is 20.0 Å². The van der Waals surface area contributed by atoms with Gasteiger partial charge in [-0.05, 0) is 36.6 Å². The molecule has 4 rings (SSSR count). The predicted octanol–water partition coefficient (Wildman–Crippen LogP) is 2.77. The zero-order valence-electron chi connectivity index (χ0n) is 15.0. The lowest BCUT2D eigenvalue weighted by molar-refractivity contribution is -0.125. The molecule has 0 saturated heterocycles. The number of fused-ring (bicyclic) bond motifs is 1. The highest BCUT2D eigenvalue weighted by Crippen LogP contribution is 2.23. The van der Waals surface area contributed by atoms with Crippen molar-refractivity contribution in [2.75, 3.05) is 6.54 Å². The van der Waals surface area contributed by atoms with Gasteiger partial charge in [-0.25, -0.2) is 0 Å². The first kappa shape index (κ1) is 17.5. The van der Waals surface area contributed by atoms with Gasteiger partial charge in [0.1, 0.15) is 6.04 Å². The number of benzene rings is 1. The molecule has 0 unspecified atom stereocenters. The van der Waals surface area contributed by atoms with Crippen LogP contribution in [0.3, 0.4) is 0 Å². The summed E-state index contributed by atoms with van der Waals surface area (Å²) >= 11 is 1.60. The van der Waals surface area contributed by atoms with Gasteiger partial charge in [-0.3, -0.25) is 14.3 Å². The molecule has 3 heterocycles. The van der Waals surface area contributed by atoms with Crippen LogP contribution < -0.4 is 5.32 Å². The molecule has 0 radical (unpaired) electrons. The van der Waals surface area contributed by atoms with Gasteiger partial charge in [0.2, 0.25) is 5.91 Å². The number of carbonyl (C=O) groups is 2. The van der Waals surface area contributed by atoms with Crippen molar-refractivity contribution in [2.24, 2.45) is 0 Å². The van der Waals surface area contributed by atoms with E-state index in [9.17, 15) is 9.59 Å². The van der Waals surface area contributed by atoms with Crippen LogP contribution in [0.25, 0.3) is 0 Å². The van der Waals surface area contributed by atoms with E-state index in [4.69, 9.17) is 0 Å². The summed E-state index contributed by atoms with van der Waals surface area (Å²) in [5.74, 6) is -0.197. The Morgan fingerprint density at radius 3 is 2.93 bits per heavy atom. The molecule has 0 bridgehead atoms. The van der Waals surface area contributed by atoms with E-state index in [1.807, 2.05) is 54.8 Å². The van der Waals surface area contributed by atoms with Crippen molar-refractivity contribution in [1.29, 1.82) is 0 Å². The fraction of sp³-hybridized carbons (Fsp3) is 0.250. The van der Waals surface area contributed by atoms with Gasteiger partial charge in [0.15, 0.2) is 0 Å². The summed E-state index contributed by atoms with van der Waals surface area (Å²) in [5.41, 5.74) is 2.53. The van der Waals surface area contributed by atoms with Crippen LogP contribution in [0.5, 0.6) is 0 Å². The Hall–Kier alpha value is -2.93. The summed E-state index contributed by atoms with van der Waals surface area (Å²) in [6.07, 6.45) is 1.68. The second kappa shape index (κ2) is 7.36. The Morgan fingerprint density at radius 1 is 1.26 bits per heavy atom. The number of aromatic nitrogens is 2. The van der Waals surface area contributed by atoms with Crippen LogP contribution in [-0.2, 0) is 17.9 Å². The molecule has 2 aromatic heterocycles. The molecule has 1 aromatic carbocycles. The molecule has 7 heteroatoms. The van der Waals surface area contributed by atoms with Crippen LogP contribution in [0, 0.1) is 6.92 Å². The van der Waals surface area contributed by atoms with E-state index < -0.39 is 6.04 Å². The van der Waals surface area contributed by atoms with Gasteiger partial charge >= 0.3 is 0 Å². The van der Waals surface area contributed by atoms with Gasteiger partial charge in [-0.15, -0.1) is 11.3 Å². The van der Waals surface area contributed by atoms with Gasteiger partial charge in [0.05, 0.1) is 25.3 Å². The van der Waals surface area contributed by atoms with Crippen molar-refractivity contribution in [3.05, 3.63) is 75.7 Å². The molecule has 1 aliphatic heterocycles. The summed E-state index contributed by atoms with van der Waals surface area (Å²) in [6.45, 7) is 3.19. The maximum Gasteiger partial charge on any atom is 0.254 e.